The van der Waals surface area contributed by atoms with Crippen LogP contribution in [0.2, 0.25) is 0 Å². The third kappa shape index (κ3) is 4.65. The summed E-state index contributed by atoms with van der Waals surface area (Å²) in [4.78, 5) is 13.6. The lowest BCUT2D eigenvalue weighted by molar-refractivity contribution is 0.0992. The Balaban J connectivity index is 1.14. The Bertz CT molecular complexity index is 944. The quantitative estimate of drug-likeness (QED) is 0.553. The summed E-state index contributed by atoms with van der Waals surface area (Å²) in [6.07, 6.45) is 6.00. The van der Waals surface area contributed by atoms with E-state index in [0.29, 0.717) is 24.8 Å². The number of piperazine rings is 1. The molecule has 3 aliphatic heterocycles. The van der Waals surface area contributed by atoms with Gasteiger partial charge < -0.3 is 25.2 Å². The highest BCUT2D eigenvalue weighted by atomic mass is 19.1. The molecular formula is C24H31FN6O. The number of aliphatic imine (C=N–C) groups is 1. The maximum Gasteiger partial charge on any atom is 0.191 e. The van der Waals surface area contributed by atoms with Gasteiger partial charge in [0.2, 0.25) is 0 Å². The molecule has 7 nitrogen and oxygen atoms in total. The Labute approximate surface area is 188 Å². The molecule has 4 heterocycles. The van der Waals surface area contributed by atoms with Crippen LogP contribution in [0.5, 0.6) is 0 Å². The van der Waals surface area contributed by atoms with E-state index >= 15 is 0 Å². The summed E-state index contributed by atoms with van der Waals surface area (Å²) in [5.41, 5.74) is 2.24. The van der Waals surface area contributed by atoms with Crippen molar-refractivity contribution < 1.29 is 9.13 Å². The van der Waals surface area contributed by atoms with Crippen LogP contribution in [0.3, 0.4) is 0 Å². The second kappa shape index (κ2) is 9.32. The Morgan fingerprint density at radius 2 is 1.91 bits per heavy atom. The van der Waals surface area contributed by atoms with Gasteiger partial charge in [-0.2, -0.15) is 0 Å². The molecule has 0 amide bonds. The molecule has 3 unspecified atom stereocenters. The zero-order valence-electron chi connectivity index (χ0n) is 18.5. The van der Waals surface area contributed by atoms with Crippen molar-refractivity contribution in [2.24, 2.45) is 4.99 Å². The summed E-state index contributed by atoms with van der Waals surface area (Å²) >= 11 is 0. The molecule has 8 heteroatoms. The first-order valence-corrected chi connectivity index (χ1v) is 11.5. The number of nitrogens with zero attached hydrogens (tertiary/aromatic N) is 4. The standard InChI is InChI=1S/C24H31FN6O/c1-26-24(29-21-15-20-6-7-22(21)32-20)28-16-17-8-9-27-23(14-17)31-12-10-30(11-13-31)19-4-2-18(25)3-5-19/h2-5,8-9,14,20-22H,6-7,10-13,15-16H2,1H3,(H2,26,28,29). The molecule has 3 aliphatic rings. The summed E-state index contributed by atoms with van der Waals surface area (Å²) < 4.78 is 19.1. The van der Waals surface area contributed by atoms with E-state index in [0.717, 1.165) is 56.5 Å². The van der Waals surface area contributed by atoms with Crippen LogP contribution in [0.25, 0.3) is 0 Å². The van der Waals surface area contributed by atoms with Crippen molar-refractivity contribution in [1.29, 1.82) is 0 Å². The summed E-state index contributed by atoms with van der Waals surface area (Å²) in [5.74, 6) is 1.61. The lowest BCUT2D eigenvalue weighted by Crippen LogP contribution is -2.47. The largest absolute Gasteiger partial charge is 0.373 e. The monoisotopic (exact) mass is 438 g/mol. The minimum atomic E-state index is -0.197. The molecular weight excluding hydrogens is 407 g/mol. The number of rotatable bonds is 5. The van der Waals surface area contributed by atoms with Gasteiger partial charge in [-0.15, -0.1) is 0 Å². The number of pyridine rings is 1. The van der Waals surface area contributed by atoms with Gasteiger partial charge in [-0.1, -0.05) is 0 Å². The van der Waals surface area contributed by atoms with Crippen LogP contribution in [-0.4, -0.2) is 62.4 Å². The van der Waals surface area contributed by atoms with Gasteiger partial charge in [0, 0.05) is 51.7 Å². The topological polar surface area (TPSA) is 65.0 Å². The van der Waals surface area contributed by atoms with Crippen molar-refractivity contribution in [3.63, 3.8) is 0 Å². The normalized spacial score (nSPS) is 25.3. The summed E-state index contributed by atoms with van der Waals surface area (Å²) in [7, 11) is 1.81. The number of fused-ring (bicyclic) bond motifs is 2. The fraction of sp³-hybridized carbons (Fsp3) is 0.500. The van der Waals surface area contributed by atoms with Crippen molar-refractivity contribution in [2.45, 2.75) is 44.1 Å². The lowest BCUT2D eigenvalue weighted by atomic mass is 9.96. The maximum atomic E-state index is 13.2. The number of guanidine groups is 1. The SMILES string of the molecule is CN=C(NCc1ccnc(N2CCN(c3ccc(F)cc3)CC2)c1)NC1CC2CCC1O2. The van der Waals surface area contributed by atoms with Crippen LogP contribution < -0.4 is 20.4 Å². The Kier molecular flexibility index (Phi) is 6.12. The molecule has 0 saturated carbocycles. The molecule has 0 aliphatic carbocycles. The molecule has 3 fully saturated rings. The van der Waals surface area contributed by atoms with Crippen molar-refractivity contribution in [1.82, 2.24) is 15.6 Å². The molecule has 32 heavy (non-hydrogen) atoms. The summed E-state index contributed by atoms with van der Waals surface area (Å²) in [5, 5.41) is 6.96. The Morgan fingerprint density at radius 1 is 1.12 bits per heavy atom. The van der Waals surface area contributed by atoms with Crippen molar-refractivity contribution >= 4 is 17.5 Å². The fourth-order valence-electron chi connectivity index (χ4n) is 4.93. The van der Waals surface area contributed by atoms with Crippen LogP contribution in [0.4, 0.5) is 15.9 Å². The third-order valence-electron chi connectivity index (χ3n) is 6.72. The van der Waals surface area contributed by atoms with Gasteiger partial charge in [0.05, 0.1) is 18.2 Å². The van der Waals surface area contributed by atoms with Gasteiger partial charge in [0.1, 0.15) is 11.6 Å². The number of hydrogen-bond donors (Lipinski definition) is 2. The number of nitrogens with one attached hydrogen (secondary N) is 2. The minimum Gasteiger partial charge on any atom is -0.373 e. The predicted octanol–water partition coefficient (Wildman–Crippen LogP) is 2.53. The fourth-order valence-corrected chi connectivity index (χ4v) is 4.93. The van der Waals surface area contributed by atoms with Gasteiger partial charge in [0.25, 0.3) is 0 Å². The van der Waals surface area contributed by atoms with Gasteiger partial charge in [-0.3, -0.25) is 4.99 Å². The first-order valence-electron chi connectivity index (χ1n) is 11.5. The van der Waals surface area contributed by atoms with Crippen LogP contribution >= 0.6 is 0 Å². The van der Waals surface area contributed by atoms with E-state index in [2.05, 4.69) is 36.5 Å². The minimum absolute atomic E-state index is 0.197. The highest BCUT2D eigenvalue weighted by Gasteiger charge is 2.41. The average Bonchev–Trinajstić information content (AvgIpc) is 3.46. The molecule has 5 rings (SSSR count). The first-order chi connectivity index (χ1) is 15.7. The maximum absolute atomic E-state index is 13.2. The second-order valence-corrected chi connectivity index (χ2v) is 8.76. The van der Waals surface area contributed by atoms with E-state index in [9.17, 15) is 4.39 Å². The van der Waals surface area contributed by atoms with Crippen LogP contribution in [0.1, 0.15) is 24.8 Å². The van der Waals surface area contributed by atoms with Crippen LogP contribution in [0.15, 0.2) is 47.6 Å². The van der Waals surface area contributed by atoms with E-state index in [1.807, 2.05) is 31.4 Å². The lowest BCUT2D eigenvalue weighted by Gasteiger charge is -2.36. The number of aromatic nitrogens is 1. The number of benzene rings is 1. The molecule has 0 radical (unpaired) electrons. The van der Waals surface area contributed by atoms with Crippen LogP contribution in [-0.2, 0) is 11.3 Å². The second-order valence-electron chi connectivity index (χ2n) is 8.76. The summed E-state index contributed by atoms with van der Waals surface area (Å²) in [6.45, 7) is 4.23. The molecule has 170 valence electrons. The number of halogens is 1. The van der Waals surface area contributed by atoms with Gasteiger partial charge in [-0.05, 0) is 61.2 Å². The molecule has 3 atom stereocenters. The smallest absolute Gasteiger partial charge is 0.191 e. The molecule has 2 aromatic rings. The number of hydrogen-bond acceptors (Lipinski definition) is 5. The molecule has 3 saturated heterocycles. The molecule has 0 spiro atoms. The number of ether oxygens (including phenoxy) is 1. The number of anilines is 2. The Hall–Kier alpha value is -2.87. The van der Waals surface area contributed by atoms with E-state index in [4.69, 9.17) is 4.74 Å². The average molecular weight is 439 g/mol. The van der Waals surface area contributed by atoms with E-state index in [-0.39, 0.29) is 5.82 Å². The molecule has 2 bridgehead atoms. The van der Waals surface area contributed by atoms with E-state index in [1.54, 1.807) is 0 Å². The summed E-state index contributed by atoms with van der Waals surface area (Å²) in [6, 6.07) is 11.3. The van der Waals surface area contributed by atoms with Gasteiger partial charge >= 0.3 is 0 Å². The molecule has 1 aromatic heterocycles. The molecule has 1 aromatic carbocycles. The zero-order chi connectivity index (χ0) is 21.9. The highest BCUT2D eigenvalue weighted by Crippen LogP contribution is 2.34. The van der Waals surface area contributed by atoms with E-state index in [1.165, 1.54) is 24.1 Å². The molecule has 2 N–H and O–H groups in total. The first kappa shape index (κ1) is 21.0. The highest BCUT2D eigenvalue weighted by molar-refractivity contribution is 5.80. The van der Waals surface area contributed by atoms with Gasteiger partial charge in [-0.25, -0.2) is 9.37 Å². The van der Waals surface area contributed by atoms with Gasteiger partial charge in [0.15, 0.2) is 5.96 Å². The third-order valence-corrected chi connectivity index (χ3v) is 6.72. The zero-order valence-corrected chi connectivity index (χ0v) is 18.5. The van der Waals surface area contributed by atoms with Crippen LogP contribution in [0, 0.1) is 5.82 Å². The van der Waals surface area contributed by atoms with E-state index < -0.39 is 0 Å². The predicted molar refractivity (Wildman–Crippen MR) is 125 cm³/mol. The Morgan fingerprint density at radius 3 is 2.59 bits per heavy atom. The van der Waals surface area contributed by atoms with Crippen molar-refractivity contribution in [3.05, 3.63) is 54.0 Å². The van der Waals surface area contributed by atoms with Crippen molar-refractivity contribution in [2.75, 3.05) is 43.0 Å². The van der Waals surface area contributed by atoms with Crippen molar-refractivity contribution in [3.8, 4) is 0 Å².